The molecule has 0 N–H and O–H groups in total. The third-order valence-electron chi connectivity index (χ3n) is 6.45. The van der Waals surface area contributed by atoms with E-state index >= 15 is 0 Å². The molecule has 32 heavy (non-hydrogen) atoms. The monoisotopic (exact) mass is 504 g/mol. The van der Waals surface area contributed by atoms with Crippen molar-refractivity contribution >= 4 is 31.0 Å². The summed E-state index contributed by atoms with van der Waals surface area (Å²) in [5.74, 6) is 1.11. The number of phosphoric ester groups is 1. The third kappa shape index (κ3) is 6.92. The van der Waals surface area contributed by atoms with Gasteiger partial charge in [-0.2, -0.15) is 0 Å². The van der Waals surface area contributed by atoms with E-state index in [-0.39, 0.29) is 41.4 Å². The molecule has 168 valence electrons. The van der Waals surface area contributed by atoms with Gasteiger partial charge in [0.15, 0.2) is 0 Å². The second kappa shape index (κ2) is 12.0. The molecule has 0 radical (unpaired) electrons. The van der Waals surface area contributed by atoms with E-state index in [0.29, 0.717) is 21.5 Å². The molecular weight excluding hydrogens is 477 g/mol. The summed E-state index contributed by atoms with van der Waals surface area (Å²) in [7, 11) is -4.66. The molecule has 0 unspecified atom stereocenters. The average Bonchev–Trinajstić information content (AvgIpc) is 2.77. The zero-order chi connectivity index (χ0) is 21.8. The predicted octanol–water partition coefficient (Wildman–Crippen LogP) is 5.02. The van der Waals surface area contributed by atoms with Crippen LogP contribution >= 0.6 is 31.0 Å². The van der Waals surface area contributed by atoms with E-state index in [2.05, 4.69) is 0 Å². The first-order chi connectivity index (χ1) is 14.9. The number of halogens is 2. The van der Waals surface area contributed by atoms with Gasteiger partial charge in [0.2, 0.25) is 0 Å². The molecule has 0 aromatic heterocycles. The minimum atomic E-state index is -4.66. The van der Waals surface area contributed by atoms with Crippen LogP contribution in [0.1, 0.15) is 87.2 Å². The first kappa shape index (κ1) is 26.4. The molecule has 2 saturated carbocycles. The Labute approximate surface area is 222 Å². The van der Waals surface area contributed by atoms with E-state index in [4.69, 9.17) is 32.2 Å². The Morgan fingerprint density at radius 1 is 0.719 bits per heavy atom. The van der Waals surface area contributed by atoms with E-state index < -0.39 is 7.82 Å². The Bertz CT molecular complexity index is 886. The molecule has 2 aliphatic rings. The average molecular weight is 505 g/mol. The van der Waals surface area contributed by atoms with Crippen LogP contribution in [0.3, 0.4) is 0 Å². The second-order valence-electron chi connectivity index (χ2n) is 8.66. The van der Waals surface area contributed by atoms with Gasteiger partial charge in [0, 0.05) is 10.0 Å². The predicted molar refractivity (Wildman–Crippen MR) is 123 cm³/mol. The van der Waals surface area contributed by atoms with Crippen molar-refractivity contribution in [1.29, 1.82) is 0 Å². The van der Waals surface area contributed by atoms with Crippen LogP contribution in [0.15, 0.2) is 36.4 Å². The van der Waals surface area contributed by atoms with Crippen LogP contribution in [0.4, 0.5) is 0 Å². The molecule has 0 heterocycles. The van der Waals surface area contributed by atoms with Crippen LogP contribution in [0.2, 0.25) is 10.0 Å². The summed E-state index contributed by atoms with van der Waals surface area (Å²) in [5, 5.41) is 1.15. The van der Waals surface area contributed by atoms with Gasteiger partial charge in [-0.1, -0.05) is 61.7 Å². The van der Waals surface area contributed by atoms with Gasteiger partial charge < -0.3 is 13.9 Å². The SMILES string of the molecule is O=P([O-])(Oc1ccc(Cl)cc1C1CCCCC1)Oc1ccc(Cl)cc1C1CCCCC1.[Na+]. The topological polar surface area (TPSA) is 58.6 Å². The van der Waals surface area contributed by atoms with Gasteiger partial charge in [-0.15, -0.1) is 0 Å². The van der Waals surface area contributed by atoms with Gasteiger partial charge in [-0.25, -0.2) is 4.57 Å². The Hall–Kier alpha value is -0.190. The Kier molecular flexibility index (Phi) is 9.89. The summed E-state index contributed by atoms with van der Waals surface area (Å²) < 4.78 is 23.9. The minimum absolute atomic E-state index is 0. The first-order valence-corrected chi connectivity index (χ1v) is 13.4. The summed E-state index contributed by atoms with van der Waals surface area (Å²) in [4.78, 5) is 12.9. The van der Waals surface area contributed by atoms with Gasteiger partial charge in [0.05, 0.1) is 0 Å². The van der Waals surface area contributed by atoms with Gasteiger partial charge in [-0.3, -0.25) is 0 Å². The number of benzene rings is 2. The molecule has 4 rings (SSSR count). The van der Waals surface area contributed by atoms with Crippen molar-refractivity contribution in [2.45, 2.75) is 76.0 Å². The van der Waals surface area contributed by atoms with E-state index in [1.54, 1.807) is 24.3 Å². The zero-order valence-electron chi connectivity index (χ0n) is 18.5. The summed E-state index contributed by atoms with van der Waals surface area (Å²) in [6.45, 7) is 0. The van der Waals surface area contributed by atoms with Crippen molar-refractivity contribution in [1.82, 2.24) is 0 Å². The molecule has 2 aliphatic carbocycles. The Balaban J connectivity index is 0.00000289. The molecule has 0 aliphatic heterocycles. The minimum Gasteiger partial charge on any atom is -0.736 e. The van der Waals surface area contributed by atoms with Crippen LogP contribution < -0.4 is 43.5 Å². The van der Waals surface area contributed by atoms with Gasteiger partial charge >= 0.3 is 37.4 Å². The fourth-order valence-corrected chi connectivity index (χ4v) is 6.14. The smallest absolute Gasteiger partial charge is 0.736 e. The summed E-state index contributed by atoms with van der Waals surface area (Å²) >= 11 is 12.4. The van der Waals surface area contributed by atoms with Crippen LogP contribution in [0, 0.1) is 0 Å². The maximum absolute atomic E-state index is 12.9. The maximum atomic E-state index is 12.9. The van der Waals surface area contributed by atoms with E-state index in [0.717, 1.165) is 62.5 Å². The number of hydrogen-bond donors (Lipinski definition) is 0. The molecule has 8 heteroatoms. The van der Waals surface area contributed by atoms with Gasteiger partial charge in [-0.05, 0) is 85.0 Å². The quantitative estimate of drug-likeness (QED) is 0.409. The zero-order valence-corrected chi connectivity index (χ0v) is 22.9. The van der Waals surface area contributed by atoms with Crippen molar-refractivity contribution in [3.63, 3.8) is 0 Å². The van der Waals surface area contributed by atoms with E-state index in [1.807, 2.05) is 12.1 Å². The molecule has 2 aromatic carbocycles. The fraction of sp³-hybridized carbons (Fsp3) is 0.500. The summed E-state index contributed by atoms with van der Waals surface area (Å²) in [6, 6.07) is 10.2. The fourth-order valence-electron chi connectivity index (χ4n) is 4.93. The van der Waals surface area contributed by atoms with Crippen LogP contribution in [-0.2, 0) is 4.57 Å². The van der Waals surface area contributed by atoms with Crippen molar-refractivity contribution in [3.8, 4) is 11.5 Å². The van der Waals surface area contributed by atoms with Crippen molar-refractivity contribution in [3.05, 3.63) is 57.6 Å². The molecule has 0 amide bonds. The molecule has 0 bridgehead atoms. The van der Waals surface area contributed by atoms with Crippen LogP contribution in [-0.4, -0.2) is 0 Å². The largest absolute Gasteiger partial charge is 1.00 e. The molecule has 0 atom stereocenters. The van der Waals surface area contributed by atoms with Gasteiger partial charge in [0.25, 0.3) is 0 Å². The van der Waals surface area contributed by atoms with E-state index in [1.165, 1.54) is 12.8 Å². The molecule has 2 aromatic rings. The summed E-state index contributed by atoms with van der Waals surface area (Å²) in [5.41, 5.74) is 1.69. The Morgan fingerprint density at radius 3 is 1.47 bits per heavy atom. The Morgan fingerprint density at radius 2 is 1.09 bits per heavy atom. The number of rotatable bonds is 6. The second-order valence-corrected chi connectivity index (χ2v) is 10.8. The number of hydrogen-bond acceptors (Lipinski definition) is 4. The third-order valence-corrected chi connectivity index (χ3v) is 7.76. The normalized spacial score (nSPS) is 18.1. The maximum Gasteiger partial charge on any atom is 1.00 e. The first-order valence-electron chi connectivity index (χ1n) is 11.2. The van der Waals surface area contributed by atoms with E-state index in [9.17, 15) is 9.46 Å². The molecule has 4 nitrogen and oxygen atoms in total. The van der Waals surface area contributed by atoms with Crippen LogP contribution in [0.25, 0.3) is 0 Å². The van der Waals surface area contributed by atoms with Crippen molar-refractivity contribution in [2.75, 3.05) is 0 Å². The van der Waals surface area contributed by atoms with Crippen LogP contribution in [0.5, 0.6) is 11.5 Å². The molecule has 0 saturated heterocycles. The molecular formula is C24H28Cl2NaO4P. The summed E-state index contributed by atoms with van der Waals surface area (Å²) in [6.07, 6.45) is 10.9. The molecule has 2 fully saturated rings. The molecule has 0 spiro atoms. The van der Waals surface area contributed by atoms with Crippen molar-refractivity contribution in [2.24, 2.45) is 0 Å². The van der Waals surface area contributed by atoms with Crippen molar-refractivity contribution < 1.29 is 48.1 Å². The van der Waals surface area contributed by atoms with Gasteiger partial charge in [0.1, 0.15) is 11.5 Å². The number of phosphoric acid groups is 1. The standard InChI is InChI=1S/C24H29Cl2O4P.Na/c25-19-11-13-23(21(15-19)17-7-3-1-4-8-17)29-31(27,28)30-24-14-12-20(26)16-22(24)18-9-5-2-6-10-18;/h11-18H,1-10H2,(H,27,28);/q;+1/p-1.